The van der Waals surface area contributed by atoms with Crippen LogP contribution in [0.5, 0.6) is 0 Å². The van der Waals surface area contributed by atoms with Gasteiger partial charge in [0, 0.05) is 38.2 Å². The first-order valence-corrected chi connectivity index (χ1v) is 11.2. The highest BCUT2D eigenvalue weighted by molar-refractivity contribution is 5.93. The molecule has 2 aromatic heterocycles. The van der Waals surface area contributed by atoms with Crippen LogP contribution in [-0.2, 0) is 11.2 Å². The van der Waals surface area contributed by atoms with Gasteiger partial charge in [-0.3, -0.25) is 9.48 Å². The number of ether oxygens (including phenoxy) is 1. The van der Waals surface area contributed by atoms with Crippen molar-refractivity contribution in [1.82, 2.24) is 30.1 Å². The van der Waals surface area contributed by atoms with Crippen molar-refractivity contribution in [3.63, 3.8) is 0 Å². The summed E-state index contributed by atoms with van der Waals surface area (Å²) in [6.45, 7) is 11.3. The molecule has 1 aliphatic heterocycles. The maximum Gasteiger partial charge on any atom is 0.410 e. The fourth-order valence-corrected chi connectivity index (χ4v) is 3.47. The van der Waals surface area contributed by atoms with E-state index in [0.29, 0.717) is 49.8 Å². The maximum absolute atomic E-state index is 12.5. The van der Waals surface area contributed by atoms with E-state index in [1.165, 1.54) is 0 Å². The van der Waals surface area contributed by atoms with E-state index in [9.17, 15) is 9.59 Å². The number of likely N-dealkylation sites (tertiary alicyclic amines) is 1. The van der Waals surface area contributed by atoms with E-state index < -0.39 is 5.60 Å². The van der Waals surface area contributed by atoms with Gasteiger partial charge in [0.2, 0.25) is 5.89 Å². The molecule has 0 saturated carbocycles. The molecule has 0 aromatic carbocycles. The van der Waals surface area contributed by atoms with Gasteiger partial charge >= 0.3 is 6.09 Å². The first-order valence-electron chi connectivity index (χ1n) is 11.2. The molecule has 1 aliphatic rings. The van der Waals surface area contributed by atoms with Gasteiger partial charge in [-0.15, -0.1) is 0 Å². The number of hydrogen-bond donors (Lipinski definition) is 1. The number of nitrogens with one attached hydrogen (secondary N) is 1. The van der Waals surface area contributed by atoms with Crippen molar-refractivity contribution in [3.05, 3.63) is 29.7 Å². The molecule has 176 valence electrons. The van der Waals surface area contributed by atoms with Crippen molar-refractivity contribution in [2.24, 2.45) is 0 Å². The maximum atomic E-state index is 12.5. The molecule has 0 bridgehead atoms. The van der Waals surface area contributed by atoms with Crippen molar-refractivity contribution in [3.8, 4) is 0 Å². The van der Waals surface area contributed by atoms with Gasteiger partial charge in [0.05, 0.1) is 17.8 Å². The van der Waals surface area contributed by atoms with E-state index in [1.54, 1.807) is 22.0 Å². The Bertz CT molecular complexity index is 914. The number of rotatable bonds is 7. The summed E-state index contributed by atoms with van der Waals surface area (Å²) in [6, 6.07) is 0.0190. The van der Waals surface area contributed by atoms with Crippen LogP contribution in [0.3, 0.4) is 0 Å². The normalized spacial score (nSPS) is 16.9. The molecule has 0 spiro atoms. The van der Waals surface area contributed by atoms with Crippen molar-refractivity contribution >= 4 is 12.0 Å². The average Bonchev–Trinajstić information content (AvgIpc) is 3.40. The number of carbonyl (C=O) groups is 2. The van der Waals surface area contributed by atoms with Gasteiger partial charge in [-0.05, 0) is 40.0 Å². The molecule has 2 amide bonds. The van der Waals surface area contributed by atoms with E-state index in [4.69, 9.17) is 9.26 Å². The Hall–Kier alpha value is -2.91. The zero-order chi connectivity index (χ0) is 23.3. The van der Waals surface area contributed by atoms with E-state index in [1.807, 2.05) is 34.6 Å². The second-order valence-corrected chi connectivity index (χ2v) is 9.49. The molecule has 10 heteroatoms. The average molecular weight is 447 g/mol. The first kappa shape index (κ1) is 23.7. The summed E-state index contributed by atoms with van der Waals surface area (Å²) < 4.78 is 12.5. The SMILES string of the molecule is CC(C)c1noc(CCCNC(=O)c2cnn([C@@H]3CCCN(C(=O)OC(C)(C)C)C3)c2)n1. The molecular formula is C22H34N6O4. The van der Waals surface area contributed by atoms with E-state index in [-0.39, 0.29) is 24.0 Å². The quantitative estimate of drug-likeness (QED) is 0.649. The van der Waals surface area contributed by atoms with Crippen LogP contribution in [0.15, 0.2) is 16.9 Å². The molecule has 1 atom stereocenters. The number of aromatic nitrogens is 4. The number of piperidine rings is 1. The van der Waals surface area contributed by atoms with Crippen LogP contribution in [0, 0.1) is 0 Å². The Morgan fingerprint density at radius 2 is 2.12 bits per heavy atom. The van der Waals surface area contributed by atoms with E-state index in [2.05, 4.69) is 20.6 Å². The summed E-state index contributed by atoms with van der Waals surface area (Å²) >= 11 is 0. The molecule has 0 unspecified atom stereocenters. The summed E-state index contributed by atoms with van der Waals surface area (Å²) in [5, 5.41) is 11.2. The molecule has 1 fully saturated rings. The molecule has 2 aromatic rings. The number of aryl methyl sites for hydroxylation is 1. The molecule has 10 nitrogen and oxygen atoms in total. The molecule has 0 radical (unpaired) electrons. The summed E-state index contributed by atoms with van der Waals surface area (Å²) in [5.41, 5.74) is -0.0272. The highest BCUT2D eigenvalue weighted by Crippen LogP contribution is 2.23. The summed E-state index contributed by atoms with van der Waals surface area (Å²) in [7, 11) is 0. The fourth-order valence-electron chi connectivity index (χ4n) is 3.47. The lowest BCUT2D eigenvalue weighted by molar-refractivity contribution is 0.0167. The number of amides is 2. The summed E-state index contributed by atoms with van der Waals surface area (Å²) in [5.74, 6) is 1.33. The van der Waals surface area contributed by atoms with Crippen molar-refractivity contribution in [2.45, 2.75) is 77.9 Å². The minimum Gasteiger partial charge on any atom is -0.444 e. The molecule has 1 N–H and O–H groups in total. The van der Waals surface area contributed by atoms with Gasteiger partial charge in [-0.25, -0.2) is 4.79 Å². The Labute approximate surface area is 188 Å². The topological polar surface area (TPSA) is 115 Å². The minimum atomic E-state index is -0.527. The van der Waals surface area contributed by atoms with Gasteiger partial charge in [0.25, 0.3) is 5.91 Å². The van der Waals surface area contributed by atoms with Crippen LogP contribution >= 0.6 is 0 Å². The monoisotopic (exact) mass is 446 g/mol. The summed E-state index contributed by atoms with van der Waals surface area (Å²) in [6.07, 6.45) is 6.06. The predicted octanol–water partition coefficient (Wildman–Crippen LogP) is 3.32. The zero-order valence-corrected chi connectivity index (χ0v) is 19.6. The van der Waals surface area contributed by atoms with E-state index in [0.717, 1.165) is 12.8 Å². The third-order valence-electron chi connectivity index (χ3n) is 5.14. The Kier molecular flexibility index (Phi) is 7.52. The smallest absolute Gasteiger partial charge is 0.410 e. The van der Waals surface area contributed by atoms with Gasteiger partial charge in [0.15, 0.2) is 5.82 Å². The first-order chi connectivity index (χ1) is 15.1. The molecule has 1 saturated heterocycles. The Morgan fingerprint density at radius 3 is 2.81 bits per heavy atom. The molecule has 3 heterocycles. The van der Waals surface area contributed by atoms with Crippen molar-refractivity contribution < 1.29 is 18.8 Å². The van der Waals surface area contributed by atoms with Gasteiger partial charge < -0.3 is 19.5 Å². The fraction of sp³-hybridized carbons (Fsp3) is 0.682. The molecule has 3 rings (SSSR count). The van der Waals surface area contributed by atoms with Crippen LogP contribution in [0.2, 0.25) is 0 Å². The molecule has 0 aliphatic carbocycles. The predicted molar refractivity (Wildman–Crippen MR) is 117 cm³/mol. The minimum absolute atomic E-state index is 0.0190. The van der Waals surface area contributed by atoms with Crippen LogP contribution in [0.25, 0.3) is 0 Å². The van der Waals surface area contributed by atoms with Crippen LogP contribution in [0.4, 0.5) is 4.79 Å². The highest BCUT2D eigenvalue weighted by Gasteiger charge is 2.29. The van der Waals surface area contributed by atoms with E-state index >= 15 is 0 Å². The number of hydrogen-bond acceptors (Lipinski definition) is 7. The van der Waals surface area contributed by atoms with Gasteiger partial charge in [0.1, 0.15) is 5.60 Å². The lowest BCUT2D eigenvalue weighted by atomic mass is 10.1. The third-order valence-corrected chi connectivity index (χ3v) is 5.14. The molecular weight excluding hydrogens is 412 g/mol. The third kappa shape index (κ3) is 6.54. The van der Waals surface area contributed by atoms with Gasteiger partial charge in [-0.2, -0.15) is 10.1 Å². The zero-order valence-electron chi connectivity index (χ0n) is 19.6. The Balaban J connectivity index is 1.46. The highest BCUT2D eigenvalue weighted by atomic mass is 16.6. The van der Waals surface area contributed by atoms with Gasteiger partial charge in [-0.1, -0.05) is 19.0 Å². The van der Waals surface area contributed by atoms with Crippen LogP contribution in [0.1, 0.15) is 87.9 Å². The standard InChI is InChI=1S/C22H34N6O4/c1-15(2)19-25-18(32-26-19)9-6-10-23-20(29)16-12-24-28(13-16)17-8-7-11-27(14-17)21(30)31-22(3,4)5/h12-13,15,17H,6-11,14H2,1-5H3,(H,23,29)/t17-/m1/s1. The number of carbonyl (C=O) groups excluding carboxylic acids is 2. The molecule has 32 heavy (non-hydrogen) atoms. The second-order valence-electron chi connectivity index (χ2n) is 9.49. The van der Waals surface area contributed by atoms with Crippen LogP contribution in [-0.4, -0.2) is 62.1 Å². The van der Waals surface area contributed by atoms with Crippen molar-refractivity contribution in [2.75, 3.05) is 19.6 Å². The Morgan fingerprint density at radius 1 is 1.34 bits per heavy atom. The summed E-state index contributed by atoms with van der Waals surface area (Å²) in [4.78, 5) is 30.9. The van der Waals surface area contributed by atoms with Crippen LogP contribution < -0.4 is 5.32 Å². The lowest BCUT2D eigenvalue weighted by Gasteiger charge is -2.34. The number of nitrogens with zero attached hydrogens (tertiary/aromatic N) is 5. The largest absolute Gasteiger partial charge is 0.444 e. The lowest BCUT2D eigenvalue weighted by Crippen LogP contribution is -2.43. The van der Waals surface area contributed by atoms with Crippen molar-refractivity contribution in [1.29, 1.82) is 0 Å². The second kappa shape index (κ2) is 10.1.